The van der Waals surface area contributed by atoms with Crippen LogP contribution in [0.3, 0.4) is 0 Å². The molecule has 5 nitrogen and oxygen atoms in total. The maximum absolute atomic E-state index is 7.19. The van der Waals surface area contributed by atoms with Crippen LogP contribution in [0.4, 0.5) is 11.4 Å². The molecule has 74 heavy (non-hydrogen) atoms. The van der Waals surface area contributed by atoms with Crippen LogP contribution < -0.4 is 14.5 Å². The van der Waals surface area contributed by atoms with Crippen molar-refractivity contribution < 1.29 is 4.74 Å². The average molecular weight is 975 g/mol. The molecule has 0 amide bonds. The second kappa shape index (κ2) is 18.5. The van der Waals surface area contributed by atoms with Gasteiger partial charge in [0.25, 0.3) is 0 Å². The molecule has 1 aliphatic heterocycles. The minimum Gasteiger partial charge on any atom is -0.457 e. The maximum Gasteiger partial charge on any atom is 0.137 e. The summed E-state index contributed by atoms with van der Waals surface area (Å²) in [6, 6.07) is 64.2. The molecule has 0 N–H and O–H groups in total. The maximum atomic E-state index is 7.19. The Labute approximate surface area is 441 Å². The Morgan fingerprint density at radius 2 is 0.946 bits per heavy atom. The van der Waals surface area contributed by atoms with Gasteiger partial charge in [-0.1, -0.05) is 200 Å². The highest BCUT2D eigenvalue weighted by atomic mass is 16.5. The fraction of sp³-hybridized carbons (Fsp3) is 0.290. The van der Waals surface area contributed by atoms with Crippen LogP contribution in [0.1, 0.15) is 119 Å². The van der Waals surface area contributed by atoms with Crippen molar-refractivity contribution in [3.8, 4) is 39.6 Å². The highest BCUT2D eigenvalue weighted by Crippen LogP contribution is 2.50. The Morgan fingerprint density at radius 1 is 0.378 bits per heavy atom. The number of nitrogens with zero attached hydrogens (tertiary/aromatic N) is 4. The van der Waals surface area contributed by atoms with E-state index in [1.807, 2.05) is 6.20 Å². The van der Waals surface area contributed by atoms with E-state index in [1.165, 1.54) is 55.8 Å². The van der Waals surface area contributed by atoms with E-state index in [-0.39, 0.29) is 27.1 Å². The molecule has 0 aliphatic carbocycles. The zero-order valence-corrected chi connectivity index (χ0v) is 46.2. The first-order valence-corrected chi connectivity index (χ1v) is 26.5. The molecule has 7 aromatic carbocycles. The first kappa shape index (κ1) is 50.2. The minimum atomic E-state index is -0.221. The van der Waals surface area contributed by atoms with E-state index in [0.29, 0.717) is 6.67 Å². The molecule has 1 aliphatic rings. The lowest BCUT2D eigenvalue weighted by molar-refractivity contribution is 0.444. The van der Waals surface area contributed by atoms with Crippen LogP contribution in [0.5, 0.6) is 11.5 Å². The smallest absolute Gasteiger partial charge is 0.137 e. The number of rotatable bonds is 9. The first-order chi connectivity index (χ1) is 34.9. The Kier molecular flexibility index (Phi) is 12.6. The number of pyridine rings is 1. The van der Waals surface area contributed by atoms with Crippen LogP contribution in [-0.4, -0.2) is 16.2 Å². The molecule has 0 bridgehead atoms. The van der Waals surface area contributed by atoms with Gasteiger partial charge in [-0.2, -0.15) is 0 Å². The van der Waals surface area contributed by atoms with Crippen molar-refractivity contribution in [1.29, 1.82) is 0 Å². The van der Waals surface area contributed by atoms with E-state index in [0.717, 1.165) is 50.6 Å². The van der Waals surface area contributed by atoms with Crippen molar-refractivity contribution in [2.24, 2.45) is 10.8 Å². The molecule has 0 spiro atoms. The molecular weight excluding hydrogens is 901 g/mol. The Bertz CT molecular complexity index is 3550. The van der Waals surface area contributed by atoms with Gasteiger partial charge in [0.05, 0.1) is 17.7 Å². The van der Waals surface area contributed by atoms with E-state index in [4.69, 9.17) is 9.72 Å². The molecule has 0 radical (unpaired) electrons. The van der Waals surface area contributed by atoms with Gasteiger partial charge in [-0.15, -0.1) is 0 Å². The molecule has 5 heteroatoms. The highest BCUT2D eigenvalue weighted by Gasteiger charge is 2.43. The summed E-state index contributed by atoms with van der Waals surface area (Å²) >= 11 is 0. The van der Waals surface area contributed by atoms with E-state index in [1.54, 1.807) is 0 Å². The van der Waals surface area contributed by atoms with Crippen molar-refractivity contribution >= 4 is 33.2 Å². The topological polar surface area (TPSA) is 33.5 Å². The van der Waals surface area contributed by atoms with E-state index < -0.39 is 0 Å². The molecule has 2 aromatic heterocycles. The third-order valence-corrected chi connectivity index (χ3v) is 15.0. The standard InChI is InChI=1S/C69H74N4O/c1-65(2,3)51-34-35-70-62(42-51)73-60-33-30-48(46-24-18-15-19-25-46)38-59(60)58-32-31-56(44-61(58)73)74-57-37-49(47-26-20-16-21-27-47)36-54(43-57)71-45-72(64(68(10,11)12)63(71)67(7,8)9)55-40-52(66(4,5)6)39-53(41-55)69(13,14)50-28-22-17-23-29-50/h15-44H,45H2,1-14H3. The summed E-state index contributed by atoms with van der Waals surface area (Å²) in [6.45, 7) is 33.3. The largest absolute Gasteiger partial charge is 0.457 e. The Balaban J connectivity index is 1.13. The zero-order chi connectivity index (χ0) is 52.5. The Morgan fingerprint density at radius 3 is 1.54 bits per heavy atom. The summed E-state index contributed by atoms with van der Waals surface area (Å²) in [5.41, 5.74) is 16.1. The number of hydrogen-bond acceptors (Lipinski definition) is 4. The van der Waals surface area contributed by atoms with Gasteiger partial charge >= 0.3 is 0 Å². The summed E-state index contributed by atoms with van der Waals surface area (Å²) in [5, 5.41) is 2.31. The van der Waals surface area contributed by atoms with Crippen LogP contribution >= 0.6 is 0 Å². The number of hydrogen-bond donors (Lipinski definition) is 0. The highest BCUT2D eigenvalue weighted by molar-refractivity contribution is 6.10. The van der Waals surface area contributed by atoms with Gasteiger partial charge in [0.2, 0.25) is 0 Å². The lowest BCUT2D eigenvalue weighted by atomic mass is 9.75. The van der Waals surface area contributed by atoms with Gasteiger partial charge in [0.1, 0.15) is 17.3 Å². The summed E-state index contributed by atoms with van der Waals surface area (Å²) in [6.07, 6.45) is 1.94. The lowest BCUT2D eigenvalue weighted by Crippen LogP contribution is -2.32. The Hall–Kier alpha value is -7.37. The predicted octanol–water partition coefficient (Wildman–Crippen LogP) is 18.8. The predicted molar refractivity (Wildman–Crippen MR) is 314 cm³/mol. The molecule has 376 valence electrons. The van der Waals surface area contributed by atoms with E-state index in [2.05, 4.69) is 287 Å². The van der Waals surface area contributed by atoms with Crippen molar-refractivity contribution in [2.75, 3.05) is 16.5 Å². The minimum absolute atomic E-state index is 0.0482. The molecule has 10 rings (SSSR count). The van der Waals surface area contributed by atoms with Gasteiger partial charge in [-0.3, -0.25) is 4.57 Å². The van der Waals surface area contributed by atoms with E-state index >= 15 is 0 Å². The number of allylic oxidation sites excluding steroid dienone is 2. The molecular formula is C69H74N4O. The molecule has 0 saturated heterocycles. The number of anilines is 2. The molecule has 0 saturated carbocycles. The van der Waals surface area contributed by atoms with Crippen LogP contribution in [0.2, 0.25) is 0 Å². The van der Waals surface area contributed by atoms with Crippen molar-refractivity contribution in [2.45, 2.75) is 113 Å². The SMILES string of the molecule is CC(C)(C)C1=C(C(C)(C)C)N(c2cc(C(C)(C)C)cc(C(C)(C)c3ccccc3)c2)CN1c1cc(Oc2ccc3c4cc(-c5ccccc5)ccc4n(-c4cc(C(C)(C)C)ccn4)c3c2)cc(-c2ccccc2)c1. The van der Waals surface area contributed by atoms with Gasteiger partial charge in [-0.05, 0) is 116 Å². The number of fused-ring (bicyclic) bond motifs is 3. The zero-order valence-electron chi connectivity index (χ0n) is 46.2. The molecule has 9 aromatic rings. The van der Waals surface area contributed by atoms with Crippen LogP contribution in [0.15, 0.2) is 194 Å². The van der Waals surface area contributed by atoms with Crippen molar-refractivity contribution in [3.63, 3.8) is 0 Å². The van der Waals surface area contributed by atoms with Crippen LogP contribution in [0, 0.1) is 10.8 Å². The number of aromatic nitrogens is 2. The fourth-order valence-electron chi connectivity index (χ4n) is 10.9. The van der Waals surface area contributed by atoms with Crippen molar-refractivity contribution in [1.82, 2.24) is 9.55 Å². The van der Waals surface area contributed by atoms with Crippen molar-refractivity contribution in [3.05, 3.63) is 216 Å². The average Bonchev–Trinajstić information content (AvgIpc) is 3.96. The van der Waals surface area contributed by atoms with Gasteiger partial charge in [-0.25, -0.2) is 4.98 Å². The third-order valence-electron chi connectivity index (χ3n) is 15.0. The van der Waals surface area contributed by atoms with Gasteiger partial charge < -0.3 is 14.5 Å². The molecule has 0 fully saturated rings. The third kappa shape index (κ3) is 9.65. The quantitative estimate of drug-likeness (QED) is 0.144. The van der Waals surface area contributed by atoms with Crippen LogP contribution in [-0.2, 0) is 16.2 Å². The summed E-state index contributed by atoms with van der Waals surface area (Å²) < 4.78 is 9.50. The molecule has 0 atom stereocenters. The van der Waals surface area contributed by atoms with E-state index in [9.17, 15) is 0 Å². The summed E-state index contributed by atoms with van der Waals surface area (Å²) in [7, 11) is 0. The van der Waals surface area contributed by atoms with Gasteiger partial charge in [0.15, 0.2) is 0 Å². The normalized spacial score (nSPS) is 13.9. The number of benzene rings is 7. The lowest BCUT2D eigenvalue weighted by Gasteiger charge is -2.35. The van der Waals surface area contributed by atoms with Gasteiger partial charge in [0, 0.05) is 68.1 Å². The van der Waals surface area contributed by atoms with Crippen LogP contribution in [0.25, 0.3) is 49.9 Å². The monoisotopic (exact) mass is 975 g/mol. The summed E-state index contributed by atoms with van der Waals surface area (Å²) in [5.74, 6) is 2.41. The molecule has 3 heterocycles. The second-order valence-corrected chi connectivity index (χ2v) is 25.2. The summed E-state index contributed by atoms with van der Waals surface area (Å²) in [4.78, 5) is 10.2. The fourth-order valence-corrected chi connectivity index (χ4v) is 10.9. The first-order valence-electron chi connectivity index (χ1n) is 26.5. The second-order valence-electron chi connectivity index (χ2n) is 25.2. The number of ether oxygens (including phenoxy) is 1. The molecule has 0 unspecified atom stereocenters.